The molecule has 1 saturated heterocycles. The number of nitrogens with zero attached hydrogens (tertiary/aromatic N) is 2. The summed E-state index contributed by atoms with van der Waals surface area (Å²) in [6.07, 6.45) is 4.41. The molecule has 0 radical (unpaired) electrons. The first kappa shape index (κ1) is 11.8. The van der Waals surface area contributed by atoms with Crippen LogP contribution >= 0.6 is 0 Å². The van der Waals surface area contributed by atoms with Gasteiger partial charge < -0.3 is 10.1 Å². The second-order valence-corrected chi connectivity index (χ2v) is 4.74. The Morgan fingerprint density at radius 2 is 2.12 bits per heavy atom. The molecule has 1 N–H and O–H groups in total. The van der Waals surface area contributed by atoms with Crippen LogP contribution in [0.4, 0.5) is 0 Å². The molecule has 1 aliphatic carbocycles. The molecule has 0 aromatic rings. The Morgan fingerprint density at radius 1 is 1.38 bits per heavy atom. The summed E-state index contributed by atoms with van der Waals surface area (Å²) in [7, 11) is 1.74. The SMILES string of the molecule is COC1CCCCC1(C#N)N1CCNCC1. The quantitative estimate of drug-likeness (QED) is 0.750. The van der Waals surface area contributed by atoms with Gasteiger partial charge in [-0.3, -0.25) is 4.90 Å². The maximum atomic E-state index is 9.60. The molecular formula is C12H21N3O. The van der Waals surface area contributed by atoms with Gasteiger partial charge in [0, 0.05) is 33.3 Å². The summed E-state index contributed by atoms with van der Waals surface area (Å²) in [5, 5.41) is 12.9. The lowest BCUT2D eigenvalue weighted by Crippen LogP contribution is -2.62. The Labute approximate surface area is 97.6 Å². The molecule has 0 amide bonds. The number of piperazine rings is 1. The van der Waals surface area contributed by atoms with Crippen LogP contribution in [0.5, 0.6) is 0 Å². The highest BCUT2D eigenvalue weighted by Gasteiger charge is 2.46. The summed E-state index contributed by atoms with van der Waals surface area (Å²) in [4.78, 5) is 2.33. The van der Waals surface area contributed by atoms with Crippen molar-refractivity contribution in [1.29, 1.82) is 5.26 Å². The average Bonchev–Trinajstić information content (AvgIpc) is 2.39. The van der Waals surface area contributed by atoms with Gasteiger partial charge in [0.05, 0.1) is 12.2 Å². The molecule has 1 aliphatic heterocycles. The molecular weight excluding hydrogens is 202 g/mol. The number of rotatable bonds is 2. The van der Waals surface area contributed by atoms with Crippen LogP contribution in [0.15, 0.2) is 0 Å². The van der Waals surface area contributed by atoms with E-state index in [0.29, 0.717) is 0 Å². The third-order valence-electron chi connectivity index (χ3n) is 3.97. The van der Waals surface area contributed by atoms with Gasteiger partial charge in [-0.15, -0.1) is 0 Å². The summed E-state index contributed by atoms with van der Waals surface area (Å²) in [6, 6.07) is 2.56. The molecule has 4 heteroatoms. The van der Waals surface area contributed by atoms with E-state index in [4.69, 9.17) is 4.74 Å². The van der Waals surface area contributed by atoms with Crippen LogP contribution in [-0.2, 0) is 4.74 Å². The lowest BCUT2D eigenvalue weighted by molar-refractivity contribution is -0.0531. The van der Waals surface area contributed by atoms with Crippen molar-refractivity contribution in [2.24, 2.45) is 0 Å². The second kappa shape index (κ2) is 5.13. The van der Waals surface area contributed by atoms with Crippen molar-refractivity contribution < 1.29 is 4.74 Å². The van der Waals surface area contributed by atoms with E-state index in [2.05, 4.69) is 16.3 Å². The Kier molecular flexibility index (Phi) is 3.80. The summed E-state index contributed by atoms with van der Waals surface area (Å²) in [5.74, 6) is 0. The molecule has 90 valence electrons. The first-order valence-electron chi connectivity index (χ1n) is 6.23. The molecule has 1 heterocycles. The van der Waals surface area contributed by atoms with Crippen LogP contribution in [0.2, 0.25) is 0 Å². The predicted molar refractivity (Wildman–Crippen MR) is 62.1 cm³/mol. The minimum absolute atomic E-state index is 0.0874. The highest BCUT2D eigenvalue weighted by atomic mass is 16.5. The molecule has 2 unspecified atom stereocenters. The zero-order valence-electron chi connectivity index (χ0n) is 10.0. The van der Waals surface area contributed by atoms with Gasteiger partial charge >= 0.3 is 0 Å². The van der Waals surface area contributed by atoms with Crippen molar-refractivity contribution in [3.8, 4) is 6.07 Å². The van der Waals surface area contributed by atoms with Crippen molar-refractivity contribution in [3.63, 3.8) is 0 Å². The number of hydrogen-bond acceptors (Lipinski definition) is 4. The molecule has 0 aromatic heterocycles. The molecule has 2 atom stereocenters. The molecule has 2 rings (SSSR count). The van der Waals surface area contributed by atoms with E-state index in [0.717, 1.165) is 45.4 Å². The molecule has 16 heavy (non-hydrogen) atoms. The fourth-order valence-electron chi connectivity index (χ4n) is 3.06. The summed E-state index contributed by atoms with van der Waals surface area (Å²) in [6.45, 7) is 3.90. The second-order valence-electron chi connectivity index (χ2n) is 4.74. The fourth-order valence-corrected chi connectivity index (χ4v) is 3.06. The lowest BCUT2D eigenvalue weighted by Gasteiger charge is -2.47. The third kappa shape index (κ3) is 1.95. The van der Waals surface area contributed by atoms with Gasteiger partial charge in [-0.05, 0) is 12.8 Å². The molecule has 2 aliphatic rings. The molecule has 0 spiro atoms. The van der Waals surface area contributed by atoms with E-state index in [1.807, 2.05) is 0 Å². The Balaban J connectivity index is 2.17. The Bertz CT molecular complexity index is 270. The van der Waals surface area contributed by atoms with Gasteiger partial charge in [-0.1, -0.05) is 12.8 Å². The zero-order chi connectivity index (χ0) is 11.4. The topological polar surface area (TPSA) is 48.3 Å². The van der Waals surface area contributed by atoms with E-state index in [9.17, 15) is 5.26 Å². The van der Waals surface area contributed by atoms with E-state index < -0.39 is 0 Å². The predicted octanol–water partition coefficient (Wildman–Crippen LogP) is 0.743. The first-order valence-corrected chi connectivity index (χ1v) is 6.23. The van der Waals surface area contributed by atoms with Crippen molar-refractivity contribution >= 4 is 0 Å². The first-order chi connectivity index (χ1) is 7.83. The third-order valence-corrected chi connectivity index (χ3v) is 3.97. The zero-order valence-corrected chi connectivity index (χ0v) is 10.0. The van der Waals surface area contributed by atoms with Gasteiger partial charge in [-0.25, -0.2) is 0 Å². The largest absolute Gasteiger partial charge is 0.378 e. The van der Waals surface area contributed by atoms with E-state index >= 15 is 0 Å². The van der Waals surface area contributed by atoms with E-state index in [1.54, 1.807) is 7.11 Å². The molecule has 0 aromatic carbocycles. The lowest BCUT2D eigenvalue weighted by atomic mass is 9.78. The summed E-state index contributed by atoms with van der Waals surface area (Å²) < 4.78 is 5.57. The Hall–Kier alpha value is -0.630. The Morgan fingerprint density at radius 3 is 2.75 bits per heavy atom. The van der Waals surface area contributed by atoms with Crippen LogP contribution in [0, 0.1) is 11.3 Å². The van der Waals surface area contributed by atoms with Crippen LogP contribution in [0.25, 0.3) is 0 Å². The van der Waals surface area contributed by atoms with Gasteiger partial charge in [0.15, 0.2) is 0 Å². The van der Waals surface area contributed by atoms with E-state index in [-0.39, 0.29) is 11.6 Å². The number of nitrogens with one attached hydrogen (secondary N) is 1. The van der Waals surface area contributed by atoms with Crippen molar-refractivity contribution in [1.82, 2.24) is 10.2 Å². The number of ether oxygens (including phenoxy) is 1. The van der Waals surface area contributed by atoms with Gasteiger partial charge in [0.25, 0.3) is 0 Å². The van der Waals surface area contributed by atoms with Gasteiger partial charge in [0.2, 0.25) is 0 Å². The maximum Gasteiger partial charge on any atom is 0.135 e. The maximum absolute atomic E-state index is 9.60. The summed E-state index contributed by atoms with van der Waals surface area (Å²) in [5.41, 5.74) is -0.366. The molecule has 4 nitrogen and oxygen atoms in total. The van der Waals surface area contributed by atoms with E-state index in [1.165, 1.54) is 6.42 Å². The standard InChI is InChI=1S/C12H21N3O/c1-16-11-4-2-3-5-12(11,10-13)15-8-6-14-7-9-15/h11,14H,2-9H2,1H3. The minimum Gasteiger partial charge on any atom is -0.378 e. The van der Waals surface area contributed by atoms with Crippen LogP contribution in [-0.4, -0.2) is 49.8 Å². The monoisotopic (exact) mass is 223 g/mol. The summed E-state index contributed by atoms with van der Waals surface area (Å²) >= 11 is 0. The number of methoxy groups -OCH3 is 1. The smallest absolute Gasteiger partial charge is 0.135 e. The average molecular weight is 223 g/mol. The van der Waals surface area contributed by atoms with Crippen LogP contribution in [0.3, 0.4) is 0 Å². The normalized spacial score (nSPS) is 36.9. The molecule has 2 fully saturated rings. The number of hydrogen-bond donors (Lipinski definition) is 1. The highest BCUT2D eigenvalue weighted by molar-refractivity contribution is 5.15. The molecule has 0 bridgehead atoms. The van der Waals surface area contributed by atoms with Crippen molar-refractivity contribution in [3.05, 3.63) is 0 Å². The minimum atomic E-state index is -0.366. The van der Waals surface area contributed by atoms with Crippen LogP contribution < -0.4 is 5.32 Å². The number of nitriles is 1. The fraction of sp³-hybridized carbons (Fsp3) is 0.917. The molecule has 1 saturated carbocycles. The van der Waals surface area contributed by atoms with Gasteiger partial charge in [-0.2, -0.15) is 5.26 Å². The van der Waals surface area contributed by atoms with Crippen molar-refractivity contribution in [2.75, 3.05) is 33.3 Å². The van der Waals surface area contributed by atoms with Gasteiger partial charge in [0.1, 0.15) is 5.54 Å². The van der Waals surface area contributed by atoms with Crippen molar-refractivity contribution in [2.45, 2.75) is 37.3 Å². The van der Waals surface area contributed by atoms with Crippen LogP contribution in [0.1, 0.15) is 25.7 Å². The highest BCUT2D eigenvalue weighted by Crippen LogP contribution is 2.35.